The maximum absolute atomic E-state index is 12.8. The molecule has 1 amide bonds. The molecule has 1 saturated heterocycles. The summed E-state index contributed by atoms with van der Waals surface area (Å²) < 4.78 is 5.83. The monoisotopic (exact) mass is 336 g/mol. The second-order valence-corrected chi connectivity index (χ2v) is 6.26. The van der Waals surface area contributed by atoms with Crippen LogP contribution in [0.5, 0.6) is 0 Å². The zero-order chi connectivity index (χ0) is 17.1. The van der Waals surface area contributed by atoms with Gasteiger partial charge >= 0.3 is 0 Å². The fraction of sp³-hybridized carbons (Fsp3) is 0.300. The van der Waals surface area contributed by atoms with E-state index in [0.29, 0.717) is 26.1 Å². The molecule has 0 aromatic heterocycles. The first kappa shape index (κ1) is 15.8. The second-order valence-electron chi connectivity index (χ2n) is 6.26. The van der Waals surface area contributed by atoms with Crippen LogP contribution >= 0.6 is 0 Å². The van der Waals surface area contributed by atoms with E-state index in [4.69, 9.17) is 9.57 Å². The van der Waals surface area contributed by atoms with Gasteiger partial charge in [0.05, 0.1) is 18.9 Å². The third-order valence-electron chi connectivity index (χ3n) is 4.60. The Kier molecular flexibility index (Phi) is 4.48. The van der Waals surface area contributed by atoms with Crippen molar-refractivity contribution >= 4 is 11.6 Å². The van der Waals surface area contributed by atoms with Crippen LogP contribution in [0.25, 0.3) is 0 Å². The summed E-state index contributed by atoms with van der Waals surface area (Å²) in [6.45, 7) is 1.66. The van der Waals surface area contributed by atoms with Gasteiger partial charge in [-0.15, -0.1) is 0 Å². The van der Waals surface area contributed by atoms with E-state index in [1.807, 2.05) is 65.6 Å². The number of nitrogens with zero attached hydrogens (tertiary/aromatic N) is 2. The van der Waals surface area contributed by atoms with Crippen molar-refractivity contribution in [3.8, 4) is 0 Å². The van der Waals surface area contributed by atoms with Crippen molar-refractivity contribution in [2.45, 2.75) is 18.6 Å². The standard InChI is InChI=1S/C20H20N2O3/c23-20(18-13-17(21-25-18)15-7-3-1-4-8-15)22-11-12-24-19(14-22)16-9-5-2-6-10-16/h1-10,18-19H,11-14H2/t18-,19+/m0/s1. The highest BCUT2D eigenvalue weighted by molar-refractivity contribution is 6.04. The summed E-state index contributed by atoms with van der Waals surface area (Å²) in [5.41, 5.74) is 2.92. The molecule has 2 heterocycles. The number of carbonyl (C=O) groups excluding carboxylic acids is 1. The average Bonchev–Trinajstić information content (AvgIpc) is 3.19. The molecule has 4 rings (SSSR count). The Morgan fingerprint density at radius 3 is 2.52 bits per heavy atom. The lowest BCUT2D eigenvalue weighted by atomic mass is 10.0. The van der Waals surface area contributed by atoms with Crippen molar-refractivity contribution in [1.29, 1.82) is 0 Å². The fourth-order valence-electron chi connectivity index (χ4n) is 3.23. The van der Waals surface area contributed by atoms with Crippen molar-refractivity contribution < 1.29 is 14.4 Å². The maximum Gasteiger partial charge on any atom is 0.267 e. The van der Waals surface area contributed by atoms with E-state index in [2.05, 4.69) is 5.16 Å². The normalized spacial score (nSPS) is 23.0. The average molecular weight is 336 g/mol. The van der Waals surface area contributed by atoms with Gasteiger partial charge < -0.3 is 14.5 Å². The number of oxime groups is 1. The number of ether oxygens (including phenoxy) is 1. The highest BCUT2D eigenvalue weighted by Crippen LogP contribution is 2.24. The minimum Gasteiger partial charge on any atom is -0.382 e. The fourth-order valence-corrected chi connectivity index (χ4v) is 3.23. The first-order valence-electron chi connectivity index (χ1n) is 8.55. The van der Waals surface area contributed by atoms with Crippen LogP contribution in [0.1, 0.15) is 23.7 Å². The van der Waals surface area contributed by atoms with E-state index < -0.39 is 6.10 Å². The maximum atomic E-state index is 12.8. The molecule has 0 N–H and O–H groups in total. The molecule has 0 radical (unpaired) electrons. The summed E-state index contributed by atoms with van der Waals surface area (Å²) in [6.07, 6.45) is -0.115. The van der Waals surface area contributed by atoms with E-state index in [1.165, 1.54) is 0 Å². The largest absolute Gasteiger partial charge is 0.382 e. The quantitative estimate of drug-likeness (QED) is 0.866. The van der Waals surface area contributed by atoms with E-state index in [1.54, 1.807) is 0 Å². The third kappa shape index (κ3) is 3.42. The molecule has 2 aliphatic heterocycles. The number of morpholine rings is 1. The van der Waals surface area contributed by atoms with Crippen molar-refractivity contribution in [3.63, 3.8) is 0 Å². The van der Waals surface area contributed by atoms with Gasteiger partial charge in [-0.1, -0.05) is 65.8 Å². The molecule has 0 aliphatic carbocycles. The third-order valence-corrected chi connectivity index (χ3v) is 4.60. The highest BCUT2D eigenvalue weighted by Gasteiger charge is 2.35. The highest BCUT2D eigenvalue weighted by atomic mass is 16.6. The molecule has 0 saturated carbocycles. The van der Waals surface area contributed by atoms with Crippen LogP contribution in [-0.2, 0) is 14.4 Å². The zero-order valence-corrected chi connectivity index (χ0v) is 13.9. The molecule has 2 aliphatic rings. The smallest absolute Gasteiger partial charge is 0.267 e. The summed E-state index contributed by atoms with van der Waals surface area (Å²) in [6, 6.07) is 19.8. The van der Waals surface area contributed by atoms with E-state index in [9.17, 15) is 4.79 Å². The van der Waals surface area contributed by atoms with Crippen molar-refractivity contribution in [1.82, 2.24) is 4.90 Å². The summed E-state index contributed by atoms with van der Waals surface area (Å²) in [5, 5.41) is 4.12. The van der Waals surface area contributed by atoms with E-state index in [0.717, 1.165) is 16.8 Å². The first-order chi connectivity index (χ1) is 12.3. The van der Waals surface area contributed by atoms with Crippen LogP contribution in [0.4, 0.5) is 0 Å². The van der Waals surface area contributed by atoms with Gasteiger partial charge in [0.15, 0.2) is 0 Å². The number of rotatable bonds is 3. The lowest BCUT2D eigenvalue weighted by Crippen LogP contribution is -2.46. The van der Waals surface area contributed by atoms with Crippen molar-refractivity contribution in [2.24, 2.45) is 5.16 Å². The number of hydrogen-bond acceptors (Lipinski definition) is 4. The molecular formula is C20H20N2O3. The Balaban J connectivity index is 1.40. The van der Waals surface area contributed by atoms with Gasteiger partial charge in [-0.25, -0.2) is 0 Å². The molecule has 0 bridgehead atoms. The Morgan fingerprint density at radius 2 is 1.76 bits per heavy atom. The summed E-state index contributed by atoms with van der Waals surface area (Å²) >= 11 is 0. The van der Waals surface area contributed by atoms with Crippen LogP contribution in [0.15, 0.2) is 65.8 Å². The minimum absolute atomic E-state index is 0.0149. The van der Waals surface area contributed by atoms with Crippen molar-refractivity contribution in [3.05, 3.63) is 71.8 Å². The number of benzene rings is 2. The predicted molar refractivity (Wildman–Crippen MR) is 94.2 cm³/mol. The van der Waals surface area contributed by atoms with Crippen molar-refractivity contribution in [2.75, 3.05) is 19.7 Å². The number of carbonyl (C=O) groups is 1. The molecule has 5 heteroatoms. The lowest BCUT2D eigenvalue weighted by molar-refractivity contribution is -0.149. The molecule has 0 unspecified atom stereocenters. The molecule has 5 nitrogen and oxygen atoms in total. The molecule has 2 aromatic carbocycles. The van der Waals surface area contributed by atoms with Crippen LogP contribution in [-0.4, -0.2) is 42.3 Å². The molecule has 2 atom stereocenters. The molecule has 128 valence electrons. The molecular weight excluding hydrogens is 316 g/mol. The van der Waals surface area contributed by atoms with Gasteiger partial charge in [0.2, 0.25) is 6.10 Å². The number of amides is 1. The summed E-state index contributed by atoms with van der Waals surface area (Å²) in [7, 11) is 0. The van der Waals surface area contributed by atoms with Gasteiger partial charge in [-0.05, 0) is 11.1 Å². The van der Waals surface area contributed by atoms with E-state index >= 15 is 0 Å². The Hall–Kier alpha value is -2.66. The Morgan fingerprint density at radius 1 is 1.04 bits per heavy atom. The summed E-state index contributed by atoms with van der Waals surface area (Å²) in [4.78, 5) is 20.1. The first-order valence-corrected chi connectivity index (χ1v) is 8.55. The number of hydrogen-bond donors (Lipinski definition) is 0. The lowest BCUT2D eigenvalue weighted by Gasteiger charge is -2.34. The van der Waals surface area contributed by atoms with E-state index in [-0.39, 0.29) is 12.0 Å². The molecule has 1 fully saturated rings. The van der Waals surface area contributed by atoms with Gasteiger partial charge in [0, 0.05) is 13.0 Å². The SMILES string of the molecule is O=C([C@@H]1CC(c2ccccc2)=NO1)N1CCO[C@@H](c2ccccc2)C1. The Bertz CT molecular complexity index is 761. The van der Waals surface area contributed by atoms with Gasteiger partial charge in [-0.3, -0.25) is 4.79 Å². The zero-order valence-electron chi connectivity index (χ0n) is 13.9. The van der Waals surface area contributed by atoms with Crippen LogP contribution < -0.4 is 0 Å². The second kappa shape index (κ2) is 7.07. The molecule has 0 spiro atoms. The molecule has 25 heavy (non-hydrogen) atoms. The van der Waals surface area contributed by atoms with Crippen LogP contribution in [0, 0.1) is 0 Å². The van der Waals surface area contributed by atoms with Crippen LogP contribution in [0.3, 0.4) is 0 Å². The minimum atomic E-state index is -0.537. The Labute approximate surface area is 146 Å². The predicted octanol–water partition coefficient (Wildman–Crippen LogP) is 2.78. The van der Waals surface area contributed by atoms with Crippen LogP contribution in [0.2, 0.25) is 0 Å². The molecule has 2 aromatic rings. The summed E-state index contributed by atoms with van der Waals surface area (Å²) in [5.74, 6) is -0.0149. The van der Waals surface area contributed by atoms with Gasteiger partial charge in [0.25, 0.3) is 5.91 Å². The van der Waals surface area contributed by atoms with Gasteiger partial charge in [0.1, 0.15) is 6.10 Å². The van der Waals surface area contributed by atoms with Gasteiger partial charge in [-0.2, -0.15) is 0 Å². The topological polar surface area (TPSA) is 51.1 Å².